The summed E-state index contributed by atoms with van der Waals surface area (Å²) in [6.07, 6.45) is 2.84. The molecular formula is C27H22F3N3O3. The molecule has 2 aromatic carbocycles. The molecule has 0 aliphatic heterocycles. The number of hydrogen-bond acceptors (Lipinski definition) is 4. The summed E-state index contributed by atoms with van der Waals surface area (Å²) in [5, 5.41) is 9.43. The Balaban J connectivity index is 0.000000384. The van der Waals surface area contributed by atoms with Crippen LogP contribution in [0.1, 0.15) is 13.8 Å². The SMILES string of the molecule is CC(C)Oc1ccc(-c2ccn3c(-c4cccc5cnccc45)cnc3c2)cc1.O=C(O)C(F)(F)F. The Kier molecular flexibility index (Phi) is 6.91. The van der Waals surface area contributed by atoms with Crippen LogP contribution < -0.4 is 4.74 Å². The predicted molar refractivity (Wildman–Crippen MR) is 131 cm³/mol. The van der Waals surface area contributed by atoms with Gasteiger partial charge in [-0.05, 0) is 60.7 Å². The minimum Gasteiger partial charge on any atom is -0.491 e. The number of halogens is 3. The number of benzene rings is 2. The maximum atomic E-state index is 10.6. The second-order valence-electron chi connectivity index (χ2n) is 8.18. The average molecular weight is 493 g/mol. The van der Waals surface area contributed by atoms with Crippen LogP contribution in [0.25, 0.3) is 38.8 Å². The minimum atomic E-state index is -5.08. The van der Waals surface area contributed by atoms with Gasteiger partial charge >= 0.3 is 12.1 Å². The van der Waals surface area contributed by atoms with E-state index in [2.05, 4.69) is 69.1 Å². The van der Waals surface area contributed by atoms with E-state index in [1.165, 1.54) is 5.39 Å². The van der Waals surface area contributed by atoms with Gasteiger partial charge in [-0.3, -0.25) is 9.38 Å². The van der Waals surface area contributed by atoms with Gasteiger partial charge in [-0.25, -0.2) is 9.78 Å². The number of carboxylic acid groups (broad SMARTS) is 1. The van der Waals surface area contributed by atoms with Gasteiger partial charge in [0.2, 0.25) is 0 Å². The van der Waals surface area contributed by atoms with Crippen LogP contribution in [0.2, 0.25) is 0 Å². The quantitative estimate of drug-likeness (QED) is 0.304. The van der Waals surface area contributed by atoms with Crippen LogP contribution in [0.3, 0.4) is 0 Å². The molecule has 0 aliphatic rings. The van der Waals surface area contributed by atoms with Gasteiger partial charge in [0.25, 0.3) is 0 Å². The molecule has 0 saturated carbocycles. The molecule has 0 radical (unpaired) electrons. The Morgan fingerprint density at radius 2 is 1.72 bits per heavy atom. The molecule has 1 N–H and O–H groups in total. The molecule has 5 aromatic rings. The fourth-order valence-electron chi connectivity index (χ4n) is 3.70. The number of pyridine rings is 2. The van der Waals surface area contributed by atoms with Gasteiger partial charge in [-0.2, -0.15) is 13.2 Å². The van der Waals surface area contributed by atoms with E-state index in [4.69, 9.17) is 14.6 Å². The number of aliphatic carboxylic acids is 1. The van der Waals surface area contributed by atoms with E-state index < -0.39 is 12.1 Å². The molecule has 3 aromatic heterocycles. The number of alkyl halides is 3. The van der Waals surface area contributed by atoms with Gasteiger partial charge in [-0.15, -0.1) is 0 Å². The van der Waals surface area contributed by atoms with Crippen LogP contribution in [0.4, 0.5) is 13.2 Å². The molecule has 0 saturated heterocycles. The molecule has 0 aliphatic carbocycles. The van der Waals surface area contributed by atoms with Crippen molar-refractivity contribution < 1.29 is 27.8 Å². The van der Waals surface area contributed by atoms with Gasteiger partial charge in [0.05, 0.1) is 18.0 Å². The zero-order valence-electron chi connectivity index (χ0n) is 19.4. The number of carboxylic acids is 1. The summed E-state index contributed by atoms with van der Waals surface area (Å²) in [7, 11) is 0. The lowest BCUT2D eigenvalue weighted by molar-refractivity contribution is -0.192. The van der Waals surface area contributed by atoms with Gasteiger partial charge in [0, 0.05) is 29.5 Å². The molecule has 5 rings (SSSR count). The highest BCUT2D eigenvalue weighted by Gasteiger charge is 2.38. The van der Waals surface area contributed by atoms with Crippen LogP contribution in [0.15, 0.2) is 85.5 Å². The Labute approximate surface area is 204 Å². The van der Waals surface area contributed by atoms with Crippen molar-refractivity contribution in [1.29, 1.82) is 0 Å². The molecule has 184 valence electrons. The first-order chi connectivity index (χ1) is 17.1. The minimum absolute atomic E-state index is 0.172. The third-order valence-electron chi connectivity index (χ3n) is 5.27. The second-order valence-corrected chi connectivity index (χ2v) is 8.18. The number of nitrogens with zero attached hydrogens (tertiary/aromatic N) is 3. The third-order valence-corrected chi connectivity index (χ3v) is 5.27. The fourth-order valence-corrected chi connectivity index (χ4v) is 3.70. The van der Waals surface area contributed by atoms with E-state index in [1.54, 1.807) is 0 Å². The van der Waals surface area contributed by atoms with E-state index in [9.17, 15) is 13.2 Å². The number of imidazole rings is 1. The van der Waals surface area contributed by atoms with Crippen LogP contribution in [0.5, 0.6) is 5.75 Å². The number of hydrogen-bond donors (Lipinski definition) is 1. The van der Waals surface area contributed by atoms with Crippen molar-refractivity contribution in [3.05, 3.63) is 85.5 Å². The Morgan fingerprint density at radius 3 is 2.39 bits per heavy atom. The highest BCUT2D eigenvalue weighted by Crippen LogP contribution is 2.30. The van der Waals surface area contributed by atoms with Crippen molar-refractivity contribution in [2.75, 3.05) is 0 Å². The second kappa shape index (κ2) is 10.1. The number of ether oxygens (including phenoxy) is 1. The first-order valence-corrected chi connectivity index (χ1v) is 11.0. The van der Waals surface area contributed by atoms with Gasteiger partial charge in [-0.1, -0.05) is 30.3 Å². The number of fused-ring (bicyclic) bond motifs is 2. The van der Waals surface area contributed by atoms with Crippen molar-refractivity contribution in [3.63, 3.8) is 0 Å². The largest absolute Gasteiger partial charge is 0.491 e. The molecule has 0 bridgehead atoms. The van der Waals surface area contributed by atoms with Crippen molar-refractivity contribution in [3.8, 4) is 28.1 Å². The molecule has 3 heterocycles. The van der Waals surface area contributed by atoms with E-state index in [0.29, 0.717) is 0 Å². The highest BCUT2D eigenvalue weighted by atomic mass is 19.4. The van der Waals surface area contributed by atoms with Crippen LogP contribution in [0, 0.1) is 0 Å². The maximum absolute atomic E-state index is 10.6. The molecule has 0 spiro atoms. The Bertz CT molecular complexity index is 1500. The monoisotopic (exact) mass is 493 g/mol. The van der Waals surface area contributed by atoms with Gasteiger partial charge in [0.1, 0.15) is 11.4 Å². The number of carbonyl (C=O) groups is 1. The average Bonchev–Trinajstić information content (AvgIpc) is 3.27. The lowest BCUT2D eigenvalue weighted by Gasteiger charge is -2.10. The van der Waals surface area contributed by atoms with Crippen LogP contribution in [-0.2, 0) is 4.79 Å². The van der Waals surface area contributed by atoms with E-state index in [1.807, 2.05) is 44.6 Å². The lowest BCUT2D eigenvalue weighted by Crippen LogP contribution is -2.21. The fraction of sp³-hybridized carbons (Fsp3) is 0.148. The summed E-state index contributed by atoms with van der Waals surface area (Å²) in [4.78, 5) is 17.8. The molecule has 36 heavy (non-hydrogen) atoms. The predicted octanol–water partition coefficient (Wildman–Crippen LogP) is 6.64. The van der Waals surface area contributed by atoms with Crippen molar-refractivity contribution in [1.82, 2.24) is 14.4 Å². The number of rotatable bonds is 4. The lowest BCUT2D eigenvalue weighted by atomic mass is 10.0. The maximum Gasteiger partial charge on any atom is 0.490 e. The summed E-state index contributed by atoms with van der Waals surface area (Å²) >= 11 is 0. The molecule has 0 fully saturated rings. The first-order valence-electron chi connectivity index (χ1n) is 11.0. The van der Waals surface area contributed by atoms with Crippen molar-refractivity contribution in [2.45, 2.75) is 26.1 Å². The molecule has 0 unspecified atom stereocenters. The van der Waals surface area contributed by atoms with E-state index >= 15 is 0 Å². The highest BCUT2D eigenvalue weighted by molar-refractivity contribution is 5.95. The Morgan fingerprint density at radius 1 is 1.00 bits per heavy atom. The molecule has 9 heteroatoms. The third kappa shape index (κ3) is 5.46. The standard InChI is InChI=1S/C25H21N3O.C2HF3O2/c1-17(2)29-21-8-6-18(7-9-21)19-11-13-28-24(16-27-25(28)14-19)23-5-3-4-20-15-26-12-10-22(20)23;3-2(4,5)1(6)7/h3-17H,1-2H3;(H,6,7). The number of aromatic nitrogens is 3. The molecule has 0 amide bonds. The van der Waals surface area contributed by atoms with Gasteiger partial charge < -0.3 is 9.84 Å². The first kappa shape index (κ1) is 24.7. The summed E-state index contributed by atoms with van der Waals surface area (Å²) in [5.41, 5.74) is 5.42. The summed E-state index contributed by atoms with van der Waals surface area (Å²) in [5.74, 6) is -1.87. The summed E-state index contributed by atoms with van der Waals surface area (Å²) in [6.45, 7) is 4.06. The van der Waals surface area contributed by atoms with Crippen molar-refractivity contribution >= 4 is 22.4 Å². The van der Waals surface area contributed by atoms with E-state index in [0.717, 1.165) is 39.2 Å². The summed E-state index contributed by atoms with van der Waals surface area (Å²) < 4.78 is 39.6. The smallest absolute Gasteiger partial charge is 0.490 e. The van der Waals surface area contributed by atoms with Crippen LogP contribution in [-0.4, -0.2) is 37.7 Å². The Hall–Kier alpha value is -4.40. The van der Waals surface area contributed by atoms with Crippen LogP contribution >= 0.6 is 0 Å². The van der Waals surface area contributed by atoms with Gasteiger partial charge in [0.15, 0.2) is 0 Å². The van der Waals surface area contributed by atoms with E-state index in [-0.39, 0.29) is 6.10 Å². The molecule has 6 nitrogen and oxygen atoms in total. The molecular weight excluding hydrogens is 471 g/mol. The summed E-state index contributed by atoms with van der Waals surface area (Å²) in [6, 6.07) is 20.8. The zero-order valence-corrected chi connectivity index (χ0v) is 19.4. The van der Waals surface area contributed by atoms with Crippen molar-refractivity contribution in [2.24, 2.45) is 0 Å². The normalized spacial score (nSPS) is 11.4. The topological polar surface area (TPSA) is 76.7 Å². The molecule has 0 atom stereocenters. The zero-order chi connectivity index (χ0) is 25.9.